The zero-order chi connectivity index (χ0) is 29.3. The molecule has 0 unspecified atom stereocenters. The molecule has 3 heterocycles. The summed E-state index contributed by atoms with van der Waals surface area (Å²) in [5, 5.41) is 12.5. The SMILES string of the molecule is CCOc1cc2c(cc1OC)-c1c/c(=N\c3c(C)cc(C)cc3C)n(CCNC(=O)c3[nH]cnc3O)c(=O)n1CC2. The maximum Gasteiger partial charge on any atom is 0.330 e. The van der Waals surface area contributed by atoms with E-state index in [0.717, 1.165) is 39.2 Å². The van der Waals surface area contributed by atoms with E-state index >= 15 is 0 Å². The molecule has 214 valence electrons. The van der Waals surface area contributed by atoms with Crippen molar-refractivity contribution in [3.8, 4) is 28.6 Å². The van der Waals surface area contributed by atoms with E-state index in [9.17, 15) is 14.7 Å². The third-order valence-corrected chi connectivity index (χ3v) is 7.19. The molecule has 1 aliphatic heterocycles. The van der Waals surface area contributed by atoms with Gasteiger partial charge in [-0.15, -0.1) is 0 Å². The number of amides is 1. The van der Waals surface area contributed by atoms with Crippen LogP contribution in [-0.2, 0) is 19.5 Å². The predicted molar refractivity (Wildman–Crippen MR) is 154 cm³/mol. The molecule has 0 fully saturated rings. The Hall–Kier alpha value is -4.80. The smallest absolute Gasteiger partial charge is 0.330 e. The van der Waals surface area contributed by atoms with Crippen LogP contribution in [0.5, 0.6) is 17.4 Å². The highest BCUT2D eigenvalue weighted by Crippen LogP contribution is 2.37. The highest BCUT2D eigenvalue weighted by Gasteiger charge is 2.23. The van der Waals surface area contributed by atoms with Crippen LogP contribution in [0.3, 0.4) is 0 Å². The van der Waals surface area contributed by atoms with E-state index in [2.05, 4.69) is 27.4 Å². The molecule has 11 heteroatoms. The van der Waals surface area contributed by atoms with E-state index in [0.29, 0.717) is 36.6 Å². The summed E-state index contributed by atoms with van der Waals surface area (Å²) >= 11 is 0. The number of rotatable bonds is 8. The molecular weight excluding hydrogens is 524 g/mol. The second kappa shape index (κ2) is 11.4. The van der Waals surface area contributed by atoms with Crippen LogP contribution in [0.2, 0.25) is 0 Å². The monoisotopic (exact) mass is 558 g/mol. The van der Waals surface area contributed by atoms with Crippen LogP contribution in [-0.4, -0.2) is 50.4 Å². The maximum atomic E-state index is 14.0. The number of hydrogen-bond acceptors (Lipinski definition) is 7. The van der Waals surface area contributed by atoms with Crippen LogP contribution in [0.1, 0.15) is 39.7 Å². The van der Waals surface area contributed by atoms with Crippen molar-refractivity contribution >= 4 is 11.6 Å². The minimum Gasteiger partial charge on any atom is -0.493 e. The summed E-state index contributed by atoms with van der Waals surface area (Å²) in [4.78, 5) is 37.8. The zero-order valence-electron chi connectivity index (χ0n) is 23.9. The molecule has 0 atom stereocenters. The first-order chi connectivity index (χ1) is 19.7. The Morgan fingerprint density at radius 2 is 1.90 bits per heavy atom. The number of fused-ring (bicyclic) bond motifs is 3. The number of aromatic hydroxyl groups is 1. The Labute approximate surface area is 237 Å². The Bertz CT molecular complexity index is 1740. The molecule has 11 nitrogen and oxygen atoms in total. The maximum absolute atomic E-state index is 14.0. The summed E-state index contributed by atoms with van der Waals surface area (Å²) in [6, 6.07) is 9.94. The standard InChI is InChI=1S/C30H34N6O5/c1-6-41-24-13-20-7-9-35-22(21(20)14-23(24)40-5)15-25(34-26-18(3)11-17(2)12-19(26)4)36(30(35)39)10-8-31-28(37)27-29(38)33-16-32-27/h11-16,38H,6-10H2,1-5H3,(H,31,37)(H,32,33)/b34-25+. The van der Waals surface area contributed by atoms with E-state index in [4.69, 9.17) is 14.5 Å². The minimum atomic E-state index is -0.520. The number of hydrogen-bond donors (Lipinski definition) is 3. The fourth-order valence-electron chi connectivity index (χ4n) is 5.36. The van der Waals surface area contributed by atoms with Gasteiger partial charge >= 0.3 is 5.69 Å². The topological polar surface area (TPSA) is 136 Å². The quantitative estimate of drug-likeness (QED) is 0.304. The van der Waals surface area contributed by atoms with Gasteiger partial charge in [0.05, 0.1) is 31.4 Å². The molecule has 41 heavy (non-hydrogen) atoms. The first kappa shape index (κ1) is 27.8. The third-order valence-electron chi connectivity index (χ3n) is 7.19. The molecule has 2 aromatic heterocycles. The van der Waals surface area contributed by atoms with Gasteiger partial charge in [-0.05, 0) is 62.9 Å². The number of H-pyrrole nitrogens is 1. The van der Waals surface area contributed by atoms with Gasteiger partial charge in [-0.25, -0.2) is 14.8 Å². The third kappa shape index (κ3) is 5.34. The summed E-state index contributed by atoms with van der Waals surface area (Å²) in [7, 11) is 1.60. The average molecular weight is 559 g/mol. The summed E-state index contributed by atoms with van der Waals surface area (Å²) in [5.74, 6) is 0.363. The van der Waals surface area contributed by atoms with Gasteiger partial charge in [0.2, 0.25) is 5.88 Å². The summed E-state index contributed by atoms with van der Waals surface area (Å²) < 4.78 is 14.7. The second-order valence-corrected chi connectivity index (χ2v) is 10.0. The molecule has 1 amide bonds. The number of nitrogens with zero attached hydrogens (tertiary/aromatic N) is 4. The lowest BCUT2D eigenvalue weighted by atomic mass is 9.97. The van der Waals surface area contributed by atoms with Gasteiger partial charge < -0.3 is 24.9 Å². The summed E-state index contributed by atoms with van der Waals surface area (Å²) in [6.07, 6.45) is 1.89. The number of aromatic nitrogens is 4. The lowest BCUT2D eigenvalue weighted by Gasteiger charge is -2.25. The molecule has 0 bridgehead atoms. The first-order valence-electron chi connectivity index (χ1n) is 13.5. The minimum absolute atomic E-state index is 0.0371. The molecule has 4 aromatic rings. The van der Waals surface area contributed by atoms with Crippen molar-refractivity contribution < 1.29 is 19.4 Å². The van der Waals surface area contributed by atoms with E-state index in [-0.39, 0.29) is 30.4 Å². The zero-order valence-corrected chi connectivity index (χ0v) is 23.9. The van der Waals surface area contributed by atoms with Crippen molar-refractivity contribution in [1.82, 2.24) is 24.4 Å². The van der Waals surface area contributed by atoms with Crippen LogP contribution < -0.4 is 26.0 Å². The Morgan fingerprint density at radius 3 is 2.56 bits per heavy atom. The van der Waals surface area contributed by atoms with Crippen LogP contribution in [0.25, 0.3) is 11.3 Å². The van der Waals surface area contributed by atoms with Gasteiger partial charge in [-0.3, -0.25) is 13.9 Å². The van der Waals surface area contributed by atoms with Gasteiger partial charge in [0.15, 0.2) is 17.2 Å². The van der Waals surface area contributed by atoms with Crippen molar-refractivity contribution in [2.45, 2.75) is 47.2 Å². The first-order valence-corrected chi connectivity index (χ1v) is 13.5. The van der Waals surface area contributed by atoms with Gasteiger partial charge in [-0.1, -0.05) is 17.7 Å². The van der Waals surface area contributed by atoms with Crippen LogP contribution in [0.4, 0.5) is 5.69 Å². The molecule has 1 aliphatic rings. The molecular formula is C30H34N6O5. The fourth-order valence-corrected chi connectivity index (χ4v) is 5.36. The Morgan fingerprint density at radius 1 is 1.15 bits per heavy atom. The molecule has 0 radical (unpaired) electrons. The Kier molecular flexibility index (Phi) is 7.69. The van der Waals surface area contributed by atoms with Crippen molar-refractivity contribution in [2.75, 3.05) is 20.3 Å². The lowest BCUT2D eigenvalue weighted by molar-refractivity contribution is 0.0944. The molecule has 0 saturated carbocycles. The lowest BCUT2D eigenvalue weighted by Crippen LogP contribution is -2.44. The number of carbonyl (C=O) groups is 1. The molecule has 0 aliphatic carbocycles. The molecule has 3 N–H and O–H groups in total. The van der Waals surface area contributed by atoms with Crippen LogP contribution in [0, 0.1) is 20.8 Å². The Balaban J connectivity index is 1.63. The second-order valence-electron chi connectivity index (χ2n) is 10.0. The van der Waals surface area contributed by atoms with E-state index in [1.165, 1.54) is 6.33 Å². The predicted octanol–water partition coefficient (Wildman–Crippen LogP) is 3.30. The molecule has 0 saturated heterocycles. The van der Waals surface area contributed by atoms with Gasteiger partial charge in [0, 0.05) is 31.3 Å². The fraction of sp³-hybridized carbons (Fsp3) is 0.333. The number of benzene rings is 2. The molecule has 5 rings (SSSR count). The largest absolute Gasteiger partial charge is 0.493 e. The van der Waals surface area contributed by atoms with Crippen LogP contribution in [0.15, 0.2) is 46.4 Å². The van der Waals surface area contributed by atoms with Crippen molar-refractivity contribution in [3.05, 3.63) is 80.6 Å². The number of ether oxygens (including phenoxy) is 2. The number of imidazole rings is 1. The van der Waals surface area contributed by atoms with E-state index < -0.39 is 5.91 Å². The molecule has 2 aromatic carbocycles. The number of carbonyl (C=O) groups excluding carboxylic acids is 1. The number of methoxy groups -OCH3 is 1. The summed E-state index contributed by atoms with van der Waals surface area (Å²) in [5.41, 5.74) is 6.80. The van der Waals surface area contributed by atoms with Crippen LogP contribution >= 0.6 is 0 Å². The number of nitrogens with one attached hydrogen (secondary N) is 2. The normalized spacial score (nSPS) is 12.6. The van der Waals surface area contributed by atoms with Crippen molar-refractivity contribution in [3.63, 3.8) is 0 Å². The number of aromatic amines is 1. The highest BCUT2D eigenvalue weighted by atomic mass is 16.5. The van der Waals surface area contributed by atoms with Crippen molar-refractivity contribution in [2.24, 2.45) is 4.99 Å². The summed E-state index contributed by atoms with van der Waals surface area (Å²) in [6.45, 7) is 9.26. The molecule has 0 spiro atoms. The van der Waals surface area contributed by atoms with Crippen molar-refractivity contribution in [1.29, 1.82) is 0 Å². The van der Waals surface area contributed by atoms with E-state index in [1.807, 2.05) is 45.9 Å². The van der Waals surface area contributed by atoms with Gasteiger partial charge in [0.1, 0.15) is 5.49 Å². The van der Waals surface area contributed by atoms with E-state index in [1.54, 1.807) is 16.2 Å². The number of aryl methyl sites for hydroxylation is 4. The van der Waals surface area contributed by atoms with Gasteiger partial charge in [-0.2, -0.15) is 0 Å². The highest BCUT2D eigenvalue weighted by molar-refractivity contribution is 5.94. The van der Waals surface area contributed by atoms with Gasteiger partial charge in [0.25, 0.3) is 5.91 Å². The average Bonchev–Trinajstić information content (AvgIpc) is 3.37.